The van der Waals surface area contributed by atoms with E-state index in [1.165, 1.54) is 16.9 Å². The molecule has 1 saturated carbocycles. The van der Waals surface area contributed by atoms with Crippen LogP contribution in [0.3, 0.4) is 0 Å². The average molecular weight is 387 g/mol. The molecule has 1 aliphatic heterocycles. The van der Waals surface area contributed by atoms with E-state index < -0.39 is 10.0 Å². The van der Waals surface area contributed by atoms with Gasteiger partial charge in [-0.3, -0.25) is 0 Å². The van der Waals surface area contributed by atoms with Crippen molar-refractivity contribution in [3.8, 4) is 10.8 Å². The Morgan fingerprint density at radius 1 is 1.08 bits per heavy atom. The van der Waals surface area contributed by atoms with Crippen LogP contribution in [0.25, 0.3) is 10.8 Å². The third kappa shape index (κ3) is 2.78. The molecule has 0 radical (unpaired) electrons. The van der Waals surface area contributed by atoms with Crippen molar-refractivity contribution in [1.82, 2.24) is 14.5 Å². The molecule has 1 fully saturated rings. The Morgan fingerprint density at radius 3 is 2.69 bits per heavy atom. The standard InChI is InChI=1S/C18H17N3O3S2/c22-26(23,21-10-9-12-3-1-2-4-14(12)11-21)16-8-7-15(25-16)18-20-19-17(24-18)13-5-6-13/h1-4,7-8,13H,5-6,9-11H2. The second-order valence-electron chi connectivity index (χ2n) is 6.70. The SMILES string of the molecule is O=S(=O)(c1ccc(-c2nnc(C3CC3)o2)s1)N1CCc2ccccc2C1. The fourth-order valence-corrected chi connectivity index (χ4v) is 6.01. The van der Waals surface area contributed by atoms with E-state index >= 15 is 0 Å². The van der Waals surface area contributed by atoms with Crippen LogP contribution in [0.15, 0.2) is 45.0 Å². The van der Waals surface area contributed by atoms with Crippen molar-refractivity contribution < 1.29 is 12.8 Å². The van der Waals surface area contributed by atoms with Crippen molar-refractivity contribution in [2.75, 3.05) is 6.54 Å². The number of aromatic nitrogens is 2. The first-order valence-electron chi connectivity index (χ1n) is 8.62. The first-order chi connectivity index (χ1) is 12.6. The largest absolute Gasteiger partial charge is 0.420 e. The van der Waals surface area contributed by atoms with Crippen LogP contribution < -0.4 is 0 Å². The fourth-order valence-electron chi connectivity index (χ4n) is 3.21. The Balaban J connectivity index is 1.41. The predicted octanol–water partition coefficient (Wildman–Crippen LogP) is 3.42. The van der Waals surface area contributed by atoms with Gasteiger partial charge in [-0.25, -0.2) is 8.42 Å². The predicted molar refractivity (Wildman–Crippen MR) is 97.3 cm³/mol. The molecule has 0 N–H and O–H groups in total. The second kappa shape index (κ2) is 6.00. The minimum absolute atomic E-state index is 0.318. The number of sulfonamides is 1. The summed E-state index contributed by atoms with van der Waals surface area (Å²) in [4.78, 5) is 0.695. The van der Waals surface area contributed by atoms with E-state index in [1.807, 2.05) is 18.2 Å². The van der Waals surface area contributed by atoms with E-state index in [-0.39, 0.29) is 0 Å². The Morgan fingerprint density at radius 2 is 1.88 bits per heavy atom. The lowest BCUT2D eigenvalue weighted by molar-refractivity contribution is 0.392. The molecular formula is C18H17N3O3S2. The molecule has 134 valence electrons. The van der Waals surface area contributed by atoms with Crippen molar-refractivity contribution in [3.63, 3.8) is 0 Å². The molecule has 0 amide bonds. The van der Waals surface area contributed by atoms with Crippen molar-refractivity contribution in [1.29, 1.82) is 0 Å². The van der Waals surface area contributed by atoms with Crippen LogP contribution in [0.2, 0.25) is 0 Å². The summed E-state index contributed by atoms with van der Waals surface area (Å²) in [7, 11) is -3.53. The molecule has 1 aromatic carbocycles. The molecule has 0 bridgehead atoms. The molecule has 3 aromatic rings. The van der Waals surface area contributed by atoms with Crippen LogP contribution in [-0.4, -0.2) is 29.5 Å². The third-order valence-corrected chi connectivity index (χ3v) is 8.23. The molecule has 2 aromatic heterocycles. The summed E-state index contributed by atoms with van der Waals surface area (Å²) in [5.74, 6) is 1.45. The highest BCUT2D eigenvalue weighted by molar-refractivity contribution is 7.91. The quantitative estimate of drug-likeness (QED) is 0.686. The normalized spacial score (nSPS) is 18.0. The van der Waals surface area contributed by atoms with Crippen molar-refractivity contribution >= 4 is 21.4 Å². The molecule has 0 spiro atoms. The van der Waals surface area contributed by atoms with Crippen LogP contribution in [0, 0.1) is 0 Å². The first-order valence-corrected chi connectivity index (χ1v) is 10.9. The molecule has 8 heteroatoms. The lowest BCUT2D eigenvalue weighted by Crippen LogP contribution is -2.35. The molecule has 0 unspecified atom stereocenters. The molecule has 26 heavy (non-hydrogen) atoms. The van der Waals surface area contributed by atoms with Crippen LogP contribution >= 0.6 is 11.3 Å². The summed E-state index contributed by atoms with van der Waals surface area (Å²) in [6.45, 7) is 0.914. The fraction of sp³-hybridized carbons (Fsp3) is 0.333. The summed E-state index contributed by atoms with van der Waals surface area (Å²) in [5.41, 5.74) is 2.30. The monoisotopic (exact) mass is 387 g/mol. The van der Waals surface area contributed by atoms with Gasteiger partial charge in [-0.15, -0.1) is 21.5 Å². The minimum Gasteiger partial charge on any atom is -0.420 e. The average Bonchev–Trinajstić information content (AvgIpc) is 3.19. The van der Waals surface area contributed by atoms with E-state index in [0.29, 0.717) is 39.9 Å². The van der Waals surface area contributed by atoms with E-state index in [2.05, 4.69) is 16.3 Å². The van der Waals surface area contributed by atoms with E-state index in [1.54, 1.807) is 16.4 Å². The van der Waals surface area contributed by atoms with Crippen molar-refractivity contribution in [3.05, 3.63) is 53.4 Å². The van der Waals surface area contributed by atoms with Crippen molar-refractivity contribution in [2.24, 2.45) is 0 Å². The number of thiophene rings is 1. The summed E-state index contributed by atoms with van der Waals surface area (Å²) in [6, 6.07) is 11.4. The maximum atomic E-state index is 13.0. The molecular weight excluding hydrogens is 370 g/mol. The van der Waals surface area contributed by atoms with Gasteiger partial charge in [0.05, 0.1) is 4.88 Å². The van der Waals surface area contributed by atoms with Gasteiger partial charge in [0.2, 0.25) is 5.89 Å². The summed E-state index contributed by atoms with van der Waals surface area (Å²) in [5, 5.41) is 8.14. The smallest absolute Gasteiger partial charge is 0.257 e. The number of hydrogen-bond acceptors (Lipinski definition) is 6. The lowest BCUT2D eigenvalue weighted by Gasteiger charge is -2.27. The highest BCUT2D eigenvalue weighted by atomic mass is 32.2. The van der Waals surface area contributed by atoms with Gasteiger partial charge in [0.1, 0.15) is 4.21 Å². The summed E-state index contributed by atoms with van der Waals surface area (Å²) >= 11 is 1.19. The maximum absolute atomic E-state index is 13.0. The lowest BCUT2D eigenvalue weighted by atomic mass is 10.0. The van der Waals surface area contributed by atoms with Crippen LogP contribution in [-0.2, 0) is 23.0 Å². The molecule has 2 aliphatic rings. The number of nitrogens with zero attached hydrogens (tertiary/aromatic N) is 3. The van der Waals surface area contributed by atoms with E-state index in [0.717, 1.165) is 24.8 Å². The molecule has 0 atom stereocenters. The molecule has 6 nitrogen and oxygen atoms in total. The third-order valence-electron chi connectivity index (χ3n) is 4.85. The topological polar surface area (TPSA) is 76.3 Å². The maximum Gasteiger partial charge on any atom is 0.257 e. The molecule has 5 rings (SSSR count). The summed E-state index contributed by atoms with van der Waals surface area (Å²) in [6.07, 6.45) is 2.91. The van der Waals surface area contributed by atoms with Gasteiger partial charge in [-0.1, -0.05) is 24.3 Å². The Kier molecular flexibility index (Phi) is 3.73. The van der Waals surface area contributed by atoms with Gasteiger partial charge in [0, 0.05) is 19.0 Å². The number of hydrogen-bond donors (Lipinski definition) is 0. The van der Waals surface area contributed by atoms with Gasteiger partial charge in [-0.05, 0) is 42.5 Å². The van der Waals surface area contributed by atoms with Gasteiger partial charge in [0.15, 0.2) is 0 Å². The molecule has 3 heterocycles. The highest BCUT2D eigenvalue weighted by Crippen LogP contribution is 2.41. The van der Waals surface area contributed by atoms with Crippen molar-refractivity contribution in [2.45, 2.75) is 35.9 Å². The van der Waals surface area contributed by atoms with Crippen LogP contribution in [0.4, 0.5) is 0 Å². The van der Waals surface area contributed by atoms with Crippen LogP contribution in [0.1, 0.15) is 35.8 Å². The molecule has 0 saturated heterocycles. The molecule has 1 aliphatic carbocycles. The summed E-state index contributed by atoms with van der Waals surface area (Å²) < 4.78 is 33.6. The van der Waals surface area contributed by atoms with Crippen LogP contribution in [0.5, 0.6) is 0 Å². The Hall–Kier alpha value is -2.03. The minimum atomic E-state index is -3.53. The number of fused-ring (bicyclic) bond motifs is 1. The Bertz CT molecular complexity index is 1070. The zero-order chi connectivity index (χ0) is 17.7. The van der Waals surface area contributed by atoms with E-state index in [4.69, 9.17) is 4.42 Å². The second-order valence-corrected chi connectivity index (χ2v) is 9.94. The van der Waals surface area contributed by atoms with Gasteiger partial charge in [0.25, 0.3) is 15.9 Å². The zero-order valence-electron chi connectivity index (χ0n) is 14.0. The highest BCUT2D eigenvalue weighted by Gasteiger charge is 2.32. The van der Waals surface area contributed by atoms with Gasteiger partial charge in [-0.2, -0.15) is 4.31 Å². The zero-order valence-corrected chi connectivity index (χ0v) is 15.6. The first kappa shape index (κ1) is 16.2. The Labute approximate surface area is 155 Å². The van der Waals surface area contributed by atoms with E-state index in [9.17, 15) is 8.42 Å². The van der Waals surface area contributed by atoms with Gasteiger partial charge < -0.3 is 4.42 Å². The number of rotatable bonds is 4. The number of benzene rings is 1. The van der Waals surface area contributed by atoms with Gasteiger partial charge >= 0.3 is 0 Å².